The van der Waals surface area contributed by atoms with Gasteiger partial charge in [-0.3, -0.25) is 19.2 Å². The number of carbonyl (C=O) groups excluding carboxylic acids is 4. The van der Waals surface area contributed by atoms with Crippen LogP contribution in [-0.2, 0) is 19.2 Å². The highest BCUT2D eigenvalue weighted by atomic mass is 32.2. The van der Waals surface area contributed by atoms with E-state index in [1.807, 2.05) is 0 Å². The molecule has 0 spiro atoms. The Kier molecular flexibility index (Phi) is 6.67. The molecular formula is C13H21N3O4S. The average molecular weight is 315 g/mol. The Morgan fingerprint density at radius 2 is 2.14 bits per heavy atom. The molecule has 1 aliphatic rings. The molecule has 0 saturated carbocycles. The second-order valence-corrected chi connectivity index (χ2v) is 6.18. The fourth-order valence-corrected chi connectivity index (χ4v) is 2.73. The van der Waals surface area contributed by atoms with E-state index in [-0.39, 0.29) is 28.6 Å². The van der Waals surface area contributed by atoms with Crippen molar-refractivity contribution in [3.8, 4) is 0 Å². The van der Waals surface area contributed by atoms with Crippen molar-refractivity contribution in [2.75, 3.05) is 18.8 Å². The van der Waals surface area contributed by atoms with E-state index >= 15 is 0 Å². The van der Waals surface area contributed by atoms with Crippen LogP contribution in [0, 0.1) is 5.92 Å². The lowest BCUT2D eigenvalue weighted by molar-refractivity contribution is -0.136. The van der Waals surface area contributed by atoms with Crippen LogP contribution in [0.3, 0.4) is 0 Å². The van der Waals surface area contributed by atoms with Gasteiger partial charge in [0.25, 0.3) is 0 Å². The molecule has 0 bridgehead atoms. The van der Waals surface area contributed by atoms with Crippen molar-refractivity contribution in [3.63, 3.8) is 0 Å². The quantitative estimate of drug-likeness (QED) is 0.658. The third-order valence-electron chi connectivity index (χ3n) is 3.32. The maximum absolute atomic E-state index is 11.9. The summed E-state index contributed by atoms with van der Waals surface area (Å²) < 4.78 is 0. The minimum atomic E-state index is -0.577. The van der Waals surface area contributed by atoms with Gasteiger partial charge < -0.3 is 16.0 Å². The predicted molar refractivity (Wildman–Crippen MR) is 79.2 cm³/mol. The van der Waals surface area contributed by atoms with Gasteiger partial charge in [-0.2, -0.15) is 0 Å². The van der Waals surface area contributed by atoms with Gasteiger partial charge in [-0.05, 0) is 6.42 Å². The smallest absolute Gasteiger partial charge is 0.240 e. The van der Waals surface area contributed by atoms with E-state index in [9.17, 15) is 19.2 Å². The van der Waals surface area contributed by atoms with Gasteiger partial charge in [0.1, 0.15) is 6.04 Å². The first kappa shape index (κ1) is 17.5. The van der Waals surface area contributed by atoms with Crippen LogP contribution < -0.4 is 11.1 Å². The SMILES string of the molecule is CC[C@@H](C(N)=O)N1CC(CNC(=O)CSC(C)=O)CC1=O. The monoisotopic (exact) mass is 315 g/mol. The first-order chi connectivity index (χ1) is 9.85. The Labute approximate surface area is 128 Å². The molecular weight excluding hydrogens is 294 g/mol. The highest BCUT2D eigenvalue weighted by molar-refractivity contribution is 8.14. The number of primary amides is 1. The molecule has 118 valence electrons. The number of nitrogens with one attached hydrogen (secondary N) is 1. The third kappa shape index (κ3) is 5.37. The minimum absolute atomic E-state index is 0.0304. The van der Waals surface area contributed by atoms with Crippen LogP contribution in [0.1, 0.15) is 26.7 Å². The molecule has 8 heteroatoms. The summed E-state index contributed by atoms with van der Waals surface area (Å²) in [6, 6.07) is -0.577. The maximum atomic E-state index is 11.9. The van der Waals surface area contributed by atoms with Gasteiger partial charge in [0.05, 0.1) is 5.75 Å². The van der Waals surface area contributed by atoms with Gasteiger partial charge in [-0.1, -0.05) is 18.7 Å². The molecule has 1 saturated heterocycles. The van der Waals surface area contributed by atoms with Gasteiger partial charge >= 0.3 is 0 Å². The number of hydrogen-bond donors (Lipinski definition) is 2. The second kappa shape index (κ2) is 8.02. The summed E-state index contributed by atoms with van der Waals surface area (Å²) in [6.07, 6.45) is 0.777. The van der Waals surface area contributed by atoms with Crippen LogP contribution in [-0.4, -0.2) is 52.6 Å². The minimum Gasteiger partial charge on any atom is -0.368 e. The van der Waals surface area contributed by atoms with E-state index in [4.69, 9.17) is 5.73 Å². The van der Waals surface area contributed by atoms with E-state index < -0.39 is 11.9 Å². The molecule has 0 aliphatic carbocycles. The summed E-state index contributed by atoms with van der Waals surface area (Å²) in [5.41, 5.74) is 5.29. The summed E-state index contributed by atoms with van der Waals surface area (Å²) in [7, 11) is 0. The van der Waals surface area contributed by atoms with Crippen LogP contribution in [0.4, 0.5) is 0 Å². The Hall–Kier alpha value is -1.57. The summed E-state index contributed by atoms with van der Waals surface area (Å²) in [6.45, 7) is 3.98. The lowest BCUT2D eigenvalue weighted by Crippen LogP contribution is -2.45. The zero-order chi connectivity index (χ0) is 16.0. The molecule has 1 aliphatic heterocycles. The van der Waals surface area contributed by atoms with Crippen LogP contribution in [0.25, 0.3) is 0 Å². The molecule has 7 nitrogen and oxygen atoms in total. The molecule has 0 radical (unpaired) electrons. The number of rotatable bonds is 7. The summed E-state index contributed by atoms with van der Waals surface area (Å²) in [5, 5.41) is 2.59. The molecule has 1 heterocycles. The highest BCUT2D eigenvalue weighted by Crippen LogP contribution is 2.21. The Bertz CT molecular complexity index is 441. The van der Waals surface area contributed by atoms with Crippen molar-refractivity contribution in [3.05, 3.63) is 0 Å². The summed E-state index contributed by atoms with van der Waals surface area (Å²) in [4.78, 5) is 47.0. The number of carbonyl (C=O) groups is 4. The van der Waals surface area contributed by atoms with Crippen molar-refractivity contribution in [2.45, 2.75) is 32.7 Å². The first-order valence-electron chi connectivity index (χ1n) is 6.84. The summed E-state index contributed by atoms with van der Waals surface area (Å²) >= 11 is 0.946. The number of likely N-dealkylation sites (tertiary alicyclic amines) is 1. The first-order valence-corrected chi connectivity index (χ1v) is 7.82. The van der Waals surface area contributed by atoms with E-state index in [1.54, 1.807) is 6.92 Å². The fraction of sp³-hybridized carbons (Fsp3) is 0.692. The Morgan fingerprint density at radius 3 is 2.67 bits per heavy atom. The molecule has 0 aromatic rings. The molecule has 2 atom stereocenters. The maximum Gasteiger partial charge on any atom is 0.240 e. The largest absolute Gasteiger partial charge is 0.368 e. The van der Waals surface area contributed by atoms with Crippen LogP contribution in [0.5, 0.6) is 0 Å². The number of nitrogens with zero attached hydrogens (tertiary/aromatic N) is 1. The van der Waals surface area contributed by atoms with E-state index in [1.165, 1.54) is 11.8 Å². The standard InChI is InChI=1S/C13H21N3O4S/c1-3-10(13(14)20)16-6-9(4-12(16)19)5-15-11(18)7-21-8(2)17/h9-10H,3-7H2,1-2H3,(H2,14,20)(H,15,18)/t9?,10-/m0/s1. The van der Waals surface area contributed by atoms with E-state index in [2.05, 4.69) is 5.32 Å². The molecule has 1 unspecified atom stereocenters. The second-order valence-electron chi connectivity index (χ2n) is 5.03. The van der Waals surface area contributed by atoms with Gasteiger partial charge in [-0.25, -0.2) is 0 Å². The lowest BCUT2D eigenvalue weighted by Gasteiger charge is -2.24. The normalized spacial score (nSPS) is 19.4. The van der Waals surface area contributed by atoms with Crippen molar-refractivity contribution < 1.29 is 19.2 Å². The molecule has 3 N–H and O–H groups in total. The fourth-order valence-electron chi connectivity index (χ4n) is 2.30. The number of thioether (sulfide) groups is 1. The van der Waals surface area contributed by atoms with Crippen LogP contribution in [0.2, 0.25) is 0 Å². The topological polar surface area (TPSA) is 110 Å². The van der Waals surface area contributed by atoms with Gasteiger partial charge in [0.2, 0.25) is 17.7 Å². The number of hydrogen-bond acceptors (Lipinski definition) is 5. The Morgan fingerprint density at radius 1 is 1.48 bits per heavy atom. The molecule has 21 heavy (non-hydrogen) atoms. The molecule has 0 aromatic carbocycles. The third-order valence-corrected chi connectivity index (χ3v) is 4.14. The zero-order valence-corrected chi connectivity index (χ0v) is 13.1. The zero-order valence-electron chi connectivity index (χ0n) is 12.3. The van der Waals surface area contributed by atoms with Crippen molar-refractivity contribution in [1.29, 1.82) is 0 Å². The molecule has 1 fully saturated rings. The van der Waals surface area contributed by atoms with Gasteiger partial charge in [0.15, 0.2) is 5.12 Å². The number of amides is 3. The molecule has 0 aromatic heterocycles. The van der Waals surface area contributed by atoms with Gasteiger partial charge in [-0.15, -0.1) is 0 Å². The average Bonchev–Trinajstić information content (AvgIpc) is 2.76. The highest BCUT2D eigenvalue weighted by Gasteiger charge is 2.35. The van der Waals surface area contributed by atoms with Crippen molar-refractivity contribution >= 4 is 34.6 Å². The van der Waals surface area contributed by atoms with Gasteiger partial charge in [0, 0.05) is 32.4 Å². The van der Waals surface area contributed by atoms with Crippen LogP contribution in [0.15, 0.2) is 0 Å². The molecule has 1 rings (SSSR count). The Balaban J connectivity index is 2.42. The van der Waals surface area contributed by atoms with E-state index in [0.29, 0.717) is 25.9 Å². The van der Waals surface area contributed by atoms with E-state index in [0.717, 1.165) is 11.8 Å². The van der Waals surface area contributed by atoms with Crippen LogP contribution >= 0.6 is 11.8 Å². The predicted octanol–water partition coefficient (Wildman–Crippen LogP) is -0.505. The van der Waals surface area contributed by atoms with Crippen molar-refractivity contribution in [1.82, 2.24) is 10.2 Å². The lowest BCUT2D eigenvalue weighted by atomic mass is 10.1. The molecule has 3 amide bonds. The number of nitrogens with two attached hydrogens (primary N) is 1. The summed E-state index contributed by atoms with van der Waals surface area (Å²) in [5.74, 6) is -0.801. The van der Waals surface area contributed by atoms with Crippen molar-refractivity contribution in [2.24, 2.45) is 11.7 Å².